The molecule has 1 rings (SSSR count). The number of nitrogens with one attached hydrogen (secondary N) is 2. The summed E-state index contributed by atoms with van der Waals surface area (Å²) in [6, 6.07) is 7.48. The van der Waals surface area contributed by atoms with Crippen LogP contribution < -0.4 is 10.6 Å². The van der Waals surface area contributed by atoms with Crippen molar-refractivity contribution in [2.75, 3.05) is 25.3 Å². The molecule has 0 atom stereocenters. The minimum absolute atomic E-state index is 0.279. The third-order valence-corrected chi connectivity index (χ3v) is 2.21. The van der Waals surface area contributed by atoms with Crippen LogP contribution in [0.2, 0.25) is 0 Å². The Morgan fingerprint density at radius 1 is 1.16 bits per heavy atom. The fourth-order valence-corrected chi connectivity index (χ4v) is 1.43. The van der Waals surface area contributed by atoms with Crippen LogP contribution in [0.4, 0.5) is 10.5 Å². The molecule has 0 aromatic heterocycles. The minimum atomic E-state index is -0.458. The Morgan fingerprint density at radius 3 is 2.68 bits per heavy atom. The quantitative estimate of drug-likeness (QED) is 0.327. The van der Waals surface area contributed by atoms with E-state index in [4.69, 9.17) is 14.5 Å². The van der Waals surface area contributed by atoms with Crippen LogP contribution in [0.25, 0.3) is 0 Å². The van der Waals surface area contributed by atoms with Crippen molar-refractivity contribution in [1.29, 1.82) is 0 Å². The van der Waals surface area contributed by atoms with E-state index in [9.17, 15) is 4.79 Å². The molecule has 1 aromatic rings. The molecule has 6 nitrogen and oxygen atoms in total. The third kappa shape index (κ3) is 6.19. The van der Waals surface area contributed by atoms with Gasteiger partial charge >= 0.3 is 6.09 Å². The van der Waals surface area contributed by atoms with Crippen LogP contribution in [0.3, 0.4) is 0 Å². The Hall–Kier alpha value is -1.63. The van der Waals surface area contributed by atoms with Gasteiger partial charge < -0.3 is 4.74 Å². The predicted molar refractivity (Wildman–Crippen MR) is 71.5 cm³/mol. The lowest BCUT2D eigenvalue weighted by atomic mass is 10.2. The fourth-order valence-electron chi connectivity index (χ4n) is 1.43. The van der Waals surface area contributed by atoms with Crippen molar-refractivity contribution in [2.45, 2.75) is 20.4 Å². The summed E-state index contributed by atoms with van der Waals surface area (Å²) in [5.74, 6) is 0. The maximum absolute atomic E-state index is 11.4. The van der Waals surface area contributed by atoms with Gasteiger partial charge in [0, 0.05) is 12.2 Å². The summed E-state index contributed by atoms with van der Waals surface area (Å²) in [5, 5.41) is 5.73. The van der Waals surface area contributed by atoms with Crippen LogP contribution in [-0.4, -0.2) is 26.0 Å². The van der Waals surface area contributed by atoms with E-state index >= 15 is 0 Å². The molecule has 0 unspecified atom stereocenters. The average Bonchev–Trinajstić information content (AvgIpc) is 2.40. The van der Waals surface area contributed by atoms with Crippen LogP contribution in [0, 0.1) is 0 Å². The van der Waals surface area contributed by atoms with Gasteiger partial charge in [0.15, 0.2) is 0 Å². The second kappa shape index (κ2) is 9.32. The van der Waals surface area contributed by atoms with Crippen LogP contribution in [-0.2, 0) is 21.1 Å². The van der Waals surface area contributed by atoms with E-state index in [-0.39, 0.29) is 6.73 Å². The number of amides is 1. The Bertz CT molecular complexity index is 385. The lowest BCUT2D eigenvalue weighted by Gasteiger charge is -2.11. The van der Waals surface area contributed by atoms with E-state index in [2.05, 4.69) is 10.6 Å². The summed E-state index contributed by atoms with van der Waals surface area (Å²) in [5.41, 5.74) is 1.65. The van der Waals surface area contributed by atoms with E-state index in [1.807, 2.05) is 31.2 Å². The van der Waals surface area contributed by atoms with E-state index < -0.39 is 6.09 Å². The van der Waals surface area contributed by atoms with Gasteiger partial charge in [-0.25, -0.2) is 14.6 Å². The molecule has 0 saturated carbocycles. The van der Waals surface area contributed by atoms with Crippen LogP contribution in [0.5, 0.6) is 0 Å². The van der Waals surface area contributed by atoms with Crippen LogP contribution >= 0.6 is 0 Å². The molecule has 6 heteroatoms. The molecule has 1 amide bonds. The monoisotopic (exact) mass is 268 g/mol. The maximum atomic E-state index is 11.4. The largest absolute Gasteiger partial charge is 0.450 e. The van der Waals surface area contributed by atoms with Gasteiger partial charge in [-0.3, -0.25) is 10.6 Å². The second-order valence-electron chi connectivity index (χ2n) is 3.60. The lowest BCUT2D eigenvalue weighted by Crippen LogP contribution is -2.20. The van der Waals surface area contributed by atoms with Gasteiger partial charge in [0.2, 0.25) is 0 Å². The van der Waals surface area contributed by atoms with E-state index in [0.29, 0.717) is 25.4 Å². The van der Waals surface area contributed by atoms with Crippen molar-refractivity contribution in [3.63, 3.8) is 0 Å². The number of ether oxygens (including phenoxy) is 1. The van der Waals surface area contributed by atoms with Gasteiger partial charge in [0.05, 0.1) is 13.2 Å². The highest BCUT2D eigenvalue weighted by Gasteiger charge is 2.06. The Morgan fingerprint density at radius 2 is 1.95 bits per heavy atom. The summed E-state index contributed by atoms with van der Waals surface area (Å²) < 4.78 is 4.84. The fraction of sp³-hybridized carbons (Fsp3) is 0.462. The average molecular weight is 268 g/mol. The van der Waals surface area contributed by atoms with E-state index in [0.717, 1.165) is 5.56 Å². The molecular formula is C13H20N2O4. The lowest BCUT2D eigenvalue weighted by molar-refractivity contribution is -0.295. The minimum Gasteiger partial charge on any atom is -0.450 e. The number of carbonyl (C=O) groups is 1. The molecule has 0 aliphatic carbocycles. The Kier molecular flexibility index (Phi) is 7.57. The number of benzene rings is 1. The first-order chi connectivity index (χ1) is 9.27. The highest BCUT2D eigenvalue weighted by atomic mass is 17.2. The SMILES string of the molecule is CCOOCNCc1ccccc1NC(=O)OCC. The zero-order valence-corrected chi connectivity index (χ0v) is 11.3. The molecule has 0 saturated heterocycles. The molecule has 1 aromatic carbocycles. The molecule has 0 heterocycles. The van der Waals surface area contributed by atoms with E-state index in [1.165, 1.54) is 0 Å². The number of anilines is 1. The smallest absolute Gasteiger partial charge is 0.411 e. The molecule has 19 heavy (non-hydrogen) atoms. The molecule has 0 spiro atoms. The summed E-state index contributed by atoms with van der Waals surface area (Å²) in [6.45, 7) is 5.28. The number of carbonyl (C=O) groups excluding carboxylic acids is 1. The van der Waals surface area contributed by atoms with Crippen molar-refractivity contribution in [3.8, 4) is 0 Å². The Balaban J connectivity index is 2.46. The van der Waals surface area contributed by atoms with Gasteiger partial charge in [-0.2, -0.15) is 0 Å². The van der Waals surface area contributed by atoms with Gasteiger partial charge in [-0.15, -0.1) is 0 Å². The molecular weight excluding hydrogens is 248 g/mol. The Labute approximate surface area is 113 Å². The first-order valence-electron chi connectivity index (χ1n) is 6.24. The molecule has 2 N–H and O–H groups in total. The zero-order chi connectivity index (χ0) is 13.9. The normalized spacial score (nSPS) is 10.2. The van der Waals surface area contributed by atoms with Crippen molar-refractivity contribution in [2.24, 2.45) is 0 Å². The first-order valence-corrected chi connectivity index (χ1v) is 6.24. The van der Waals surface area contributed by atoms with Gasteiger partial charge in [0.25, 0.3) is 0 Å². The maximum Gasteiger partial charge on any atom is 0.411 e. The number of hydrogen-bond donors (Lipinski definition) is 2. The number of rotatable bonds is 8. The molecule has 0 aliphatic heterocycles. The van der Waals surface area contributed by atoms with Gasteiger partial charge in [0.1, 0.15) is 6.73 Å². The highest BCUT2D eigenvalue weighted by molar-refractivity contribution is 5.85. The molecule has 0 fully saturated rings. The van der Waals surface area contributed by atoms with Crippen molar-refractivity contribution >= 4 is 11.8 Å². The van der Waals surface area contributed by atoms with E-state index in [1.54, 1.807) is 6.92 Å². The van der Waals surface area contributed by atoms with Gasteiger partial charge in [-0.05, 0) is 25.5 Å². The summed E-state index contributed by atoms with van der Waals surface area (Å²) in [7, 11) is 0. The highest BCUT2D eigenvalue weighted by Crippen LogP contribution is 2.14. The standard InChI is InChI=1S/C13H20N2O4/c1-3-17-13(16)15-12-8-6-5-7-11(12)9-14-10-19-18-4-2/h5-8,14H,3-4,9-10H2,1-2H3,(H,15,16). The topological polar surface area (TPSA) is 68.8 Å². The first kappa shape index (κ1) is 15.4. The number of hydrogen-bond acceptors (Lipinski definition) is 5. The molecule has 106 valence electrons. The van der Waals surface area contributed by atoms with Crippen LogP contribution in [0.1, 0.15) is 19.4 Å². The van der Waals surface area contributed by atoms with Crippen molar-refractivity contribution in [3.05, 3.63) is 29.8 Å². The van der Waals surface area contributed by atoms with Crippen molar-refractivity contribution < 1.29 is 19.3 Å². The molecule has 0 radical (unpaired) electrons. The summed E-state index contributed by atoms with van der Waals surface area (Å²) in [4.78, 5) is 21.0. The zero-order valence-electron chi connectivity index (χ0n) is 11.3. The molecule has 0 aliphatic rings. The van der Waals surface area contributed by atoms with Crippen LogP contribution in [0.15, 0.2) is 24.3 Å². The van der Waals surface area contributed by atoms with Gasteiger partial charge in [-0.1, -0.05) is 18.2 Å². The summed E-state index contributed by atoms with van der Waals surface area (Å²) >= 11 is 0. The molecule has 0 bridgehead atoms. The third-order valence-electron chi connectivity index (χ3n) is 2.21. The second-order valence-corrected chi connectivity index (χ2v) is 3.60. The summed E-state index contributed by atoms with van der Waals surface area (Å²) in [6.07, 6.45) is -0.458. The van der Waals surface area contributed by atoms with Crippen molar-refractivity contribution in [1.82, 2.24) is 5.32 Å². The predicted octanol–water partition coefficient (Wildman–Crippen LogP) is 2.27. The number of para-hydroxylation sites is 1.